The molecular weight excluding hydrogens is 448 g/mol. The first-order valence-electron chi connectivity index (χ1n) is 8.34. The van der Waals surface area contributed by atoms with Crippen molar-refractivity contribution in [2.24, 2.45) is 0 Å². The molecule has 0 atom stereocenters. The van der Waals surface area contributed by atoms with Gasteiger partial charge in [-0.1, -0.05) is 11.6 Å². The number of alkyl halides is 3. The molecular formula is C17H9ClF4N6O3. The molecule has 160 valence electrons. The molecule has 0 saturated carbocycles. The van der Waals surface area contributed by atoms with Crippen molar-refractivity contribution >= 4 is 28.6 Å². The number of carboxylic acid groups (broad SMARTS) is 1. The van der Waals surface area contributed by atoms with Crippen LogP contribution in [0.3, 0.4) is 0 Å². The Kier molecular flexibility index (Phi) is 4.76. The lowest BCUT2D eigenvalue weighted by molar-refractivity contribution is -0.137. The van der Waals surface area contributed by atoms with Crippen molar-refractivity contribution in [3.05, 3.63) is 68.6 Å². The standard InChI is InChI=1S/C17H9ClF4N6O3/c18-10-2-9(17(20,21)22)1-7(12(10)19)5-27-13-11(4-24-27)25-16(26-14(13)29)28-6-8(3-23-28)15(30)31/h1-4,6H,5H2,(H,30,31)(H,25,26,29). The molecule has 0 radical (unpaired) electrons. The molecule has 2 N–H and O–H groups in total. The minimum atomic E-state index is -4.75. The Labute approximate surface area is 173 Å². The van der Waals surface area contributed by atoms with E-state index in [9.17, 15) is 27.2 Å². The van der Waals surface area contributed by atoms with Crippen LogP contribution in [0.1, 0.15) is 21.5 Å². The summed E-state index contributed by atoms with van der Waals surface area (Å²) in [6.07, 6.45) is -1.42. The van der Waals surface area contributed by atoms with Crippen LogP contribution in [0.15, 0.2) is 35.5 Å². The molecule has 14 heteroatoms. The predicted octanol–water partition coefficient (Wildman–Crippen LogP) is 2.86. The van der Waals surface area contributed by atoms with Crippen LogP contribution < -0.4 is 5.56 Å². The van der Waals surface area contributed by atoms with Gasteiger partial charge in [0.2, 0.25) is 5.95 Å². The third-order valence-electron chi connectivity index (χ3n) is 4.28. The minimum Gasteiger partial charge on any atom is -0.478 e. The Morgan fingerprint density at radius 3 is 2.61 bits per heavy atom. The zero-order valence-electron chi connectivity index (χ0n) is 15.0. The summed E-state index contributed by atoms with van der Waals surface area (Å²) in [4.78, 5) is 30.0. The fourth-order valence-corrected chi connectivity index (χ4v) is 3.10. The third kappa shape index (κ3) is 3.74. The number of aromatic nitrogens is 6. The maximum atomic E-state index is 14.3. The third-order valence-corrected chi connectivity index (χ3v) is 4.56. The van der Waals surface area contributed by atoms with Crippen LogP contribution in [0.2, 0.25) is 5.02 Å². The molecule has 0 saturated heterocycles. The number of hydrogen-bond donors (Lipinski definition) is 2. The zero-order valence-corrected chi connectivity index (χ0v) is 15.7. The molecule has 3 heterocycles. The average molecular weight is 457 g/mol. The van der Waals surface area contributed by atoms with Crippen molar-refractivity contribution in [1.29, 1.82) is 0 Å². The normalized spacial score (nSPS) is 11.9. The van der Waals surface area contributed by atoms with Gasteiger partial charge in [-0.2, -0.15) is 23.4 Å². The summed E-state index contributed by atoms with van der Waals surface area (Å²) in [6, 6.07) is 1.06. The Bertz CT molecular complexity index is 1390. The number of nitrogens with zero attached hydrogens (tertiary/aromatic N) is 5. The molecule has 4 rings (SSSR count). The van der Waals surface area contributed by atoms with Crippen LogP contribution in [0, 0.1) is 5.82 Å². The molecule has 4 aromatic rings. The van der Waals surface area contributed by atoms with Gasteiger partial charge in [-0.05, 0) is 12.1 Å². The number of halogens is 5. The molecule has 0 amide bonds. The second kappa shape index (κ2) is 7.19. The lowest BCUT2D eigenvalue weighted by Crippen LogP contribution is -2.17. The number of carboxylic acids is 1. The van der Waals surface area contributed by atoms with Crippen molar-refractivity contribution in [1.82, 2.24) is 29.5 Å². The van der Waals surface area contributed by atoms with Gasteiger partial charge >= 0.3 is 12.1 Å². The van der Waals surface area contributed by atoms with E-state index in [0.717, 1.165) is 28.0 Å². The van der Waals surface area contributed by atoms with E-state index in [-0.39, 0.29) is 22.5 Å². The highest BCUT2D eigenvalue weighted by Gasteiger charge is 2.32. The molecule has 9 nitrogen and oxygen atoms in total. The molecule has 31 heavy (non-hydrogen) atoms. The first-order chi connectivity index (χ1) is 14.5. The summed E-state index contributed by atoms with van der Waals surface area (Å²) in [7, 11) is 0. The van der Waals surface area contributed by atoms with E-state index in [1.165, 1.54) is 0 Å². The maximum absolute atomic E-state index is 14.3. The Hall–Kier alpha value is -3.74. The maximum Gasteiger partial charge on any atom is 0.416 e. The topological polar surface area (TPSA) is 119 Å². The van der Waals surface area contributed by atoms with Gasteiger partial charge in [-0.25, -0.2) is 18.9 Å². The van der Waals surface area contributed by atoms with Gasteiger partial charge in [0.1, 0.15) is 11.3 Å². The highest BCUT2D eigenvalue weighted by atomic mass is 35.5. The number of benzene rings is 1. The number of carbonyl (C=O) groups is 1. The molecule has 0 spiro atoms. The van der Waals surface area contributed by atoms with Gasteiger partial charge < -0.3 is 5.11 Å². The lowest BCUT2D eigenvalue weighted by Gasteiger charge is -2.12. The van der Waals surface area contributed by atoms with Gasteiger partial charge in [-0.3, -0.25) is 14.5 Å². The summed E-state index contributed by atoms with van der Waals surface area (Å²) >= 11 is 5.59. The molecule has 0 fully saturated rings. The highest BCUT2D eigenvalue weighted by molar-refractivity contribution is 6.30. The summed E-state index contributed by atoms with van der Waals surface area (Å²) in [5.41, 5.74) is -2.57. The molecule has 1 aromatic carbocycles. The van der Waals surface area contributed by atoms with Crippen molar-refractivity contribution in [3.63, 3.8) is 0 Å². The van der Waals surface area contributed by atoms with Crippen LogP contribution in [0.4, 0.5) is 17.6 Å². The summed E-state index contributed by atoms with van der Waals surface area (Å²) < 4.78 is 55.4. The summed E-state index contributed by atoms with van der Waals surface area (Å²) in [5, 5.41) is 15.9. The number of hydrogen-bond acceptors (Lipinski definition) is 5. The van der Waals surface area contributed by atoms with Crippen LogP contribution in [-0.4, -0.2) is 40.6 Å². The van der Waals surface area contributed by atoms with Gasteiger partial charge in [0, 0.05) is 11.8 Å². The van der Waals surface area contributed by atoms with E-state index in [1.807, 2.05) is 0 Å². The second-order valence-corrected chi connectivity index (χ2v) is 6.74. The molecule has 0 aliphatic carbocycles. The molecule has 0 aliphatic heterocycles. The van der Waals surface area contributed by atoms with Gasteiger partial charge in [0.05, 0.1) is 35.1 Å². The summed E-state index contributed by atoms with van der Waals surface area (Å²) in [5.74, 6) is -2.42. The Morgan fingerprint density at radius 1 is 1.23 bits per heavy atom. The van der Waals surface area contributed by atoms with Crippen molar-refractivity contribution in [3.8, 4) is 5.95 Å². The van der Waals surface area contributed by atoms with E-state index < -0.39 is 46.2 Å². The van der Waals surface area contributed by atoms with Gasteiger partial charge in [-0.15, -0.1) is 0 Å². The lowest BCUT2D eigenvalue weighted by atomic mass is 10.1. The molecule has 0 aliphatic rings. The first kappa shape index (κ1) is 20.5. The fourth-order valence-electron chi connectivity index (χ4n) is 2.86. The number of rotatable bonds is 4. The molecule has 0 unspecified atom stereocenters. The number of aromatic amines is 1. The smallest absolute Gasteiger partial charge is 0.416 e. The SMILES string of the molecule is O=C(O)c1cnn(-c2nc3cnn(Cc4cc(C(F)(F)F)cc(Cl)c4F)c3c(=O)[nH]2)c1. The fraction of sp³-hybridized carbons (Fsp3) is 0.118. The van der Waals surface area contributed by atoms with Gasteiger partial charge in [0.25, 0.3) is 5.56 Å². The van der Waals surface area contributed by atoms with Crippen LogP contribution in [0.5, 0.6) is 0 Å². The van der Waals surface area contributed by atoms with Crippen LogP contribution in [0.25, 0.3) is 17.0 Å². The molecule has 3 aromatic heterocycles. The van der Waals surface area contributed by atoms with Gasteiger partial charge in [0.15, 0.2) is 5.52 Å². The number of fused-ring (bicyclic) bond motifs is 1. The van der Waals surface area contributed by atoms with E-state index in [0.29, 0.717) is 12.1 Å². The zero-order chi connectivity index (χ0) is 22.5. The quantitative estimate of drug-likeness (QED) is 0.456. The predicted molar refractivity (Wildman–Crippen MR) is 97.7 cm³/mol. The molecule has 0 bridgehead atoms. The van der Waals surface area contributed by atoms with E-state index in [1.54, 1.807) is 0 Å². The van der Waals surface area contributed by atoms with E-state index in [4.69, 9.17) is 16.7 Å². The average Bonchev–Trinajstić information content (AvgIpc) is 3.32. The largest absolute Gasteiger partial charge is 0.478 e. The van der Waals surface area contributed by atoms with Crippen molar-refractivity contribution < 1.29 is 27.5 Å². The van der Waals surface area contributed by atoms with Crippen molar-refractivity contribution in [2.75, 3.05) is 0 Å². The van der Waals surface area contributed by atoms with Crippen molar-refractivity contribution in [2.45, 2.75) is 12.7 Å². The van der Waals surface area contributed by atoms with E-state index in [2.05, 4.69) is 20.2 Å². The monoisotopic (exact) mass is 456 g/mol. The second-order valence-electron chi connectivity index (χ2n) is 6.33. The highest BCUT2D eigenvalue weighted by Crippen LogP contribution is 2.33. The number of H-pyrrole nitrogens is 1. The number of aromatic carboxylic acids is 1. The minimum absolute atomic E-state index is 0.0320. The van der Waals surface area contributed by atoms with Crippen LogP contribution in [-0.2, 0) is 12.7 Å². The first-order valence-corrected chi connectivity index (χ1v) is 8.71. The van der Waals surface area contributed by atoms with E-state index >= 15 is 0 Å². The Morgan fingerprint density at radius 2 is 1.97 bits per heavy atom. The number of nitrogens with one attached hydrogen (secondary N) is 1. The van der Waals surface area contributed by atoms with Crippen LogP contribution >= 0.6 is 11.6 Å². The summed E-state index contributed by atoms with van der Waals surface area (Å²) in [6.45, 7) is -0.520. The Balaban J connectivity index is 1.76.